The summed E-state index contributed by atoms with van der Waals surface area (Å²) in [5, 5.41) is 2.50. The van der Waals surface area contributed by atoms with Crippen LogP contribution in [0.25, 0.3) is 0 Å². The second-order valence-electron chi connectivity index (χ2n) is 6.05. The first kappa shape index (κ1) is 24.9. The molecule has 0 bridgehead atoms. The van der Waals surface area contributed by atoms with Crippen molar-refractivity contribution in [3.05, 3.63) is 29.8 Å². The summed E-state index contributed by atoms with van der Waals surface area (Å²) in [5.41, 5.74) is 3.91. The van der Waals surface area contributed by atoms with Gasteiger partial charge in [-0.2, -0.15) is 17.9 Å². The minimum atomic E-state index is -4.73. The Morgan fingerprint density at radius 3 is 2.55 bits per heavy atom. The first-order chi connectivity index (χ1) is 13.5. The molecule has 12 heteroatoms. The molecule has 4 N–H and O–H groups in total. The number of rotatable bonds is 12. The number of benzene rings is 1. The summed E-state index contributed by atoms with van der Waals surface area (Å²) in [6.45, 7) is 2.89. The van der Waals surface area contributed by atoms with E-state index in [-0.39, 0.29) is 19.4 Å². The average molecular weight is 439 g/mol. The van der Waals surface area contributed by atoms with Gasteiger partial charge in [0.1, 0.15) is 6.04 Å². The number of carbonyl (C=O) groups excluding carboxylic acids is 2. The molecule has 0 aliphatic rings. The Bertz CT molecular complexity index is 800. The lowest BCUT2D eigenvalue weighted by Gasteiger charge is -2.18. The lowest BCUT2D eigenvalue weighted by atomic mass is 10.1. The second kappa shape index (κ2) is 11.1. The molecule has 0 heterocycles. The quantitative estimate of drug-likeness (QED) is 0.421. The fourth-order valence-electron chi connectivity index (χ4n) is 2.28. The highest BCUT2D eigenvalue weighted by atomic mass is 32.2. The van der Waals surface area contributed by atoms with E-state index in [1.54, 1.807) is 6.92 Å². The van der Waals surface area contributed by atoms with E-state index in [0.717, 1.165) is 18.2 Å². The van der Waals surface area contributed by atoms with Gasteiger partial charge in [-0.05, 0) is 38.0 Å². The van der Waals surface area contributed by atoms with E-state index in [1.165, 1.54) is 0 Å². The molecule has 1 aromatic carbocycles. The summed E-state index contributed by atoms with van der Waals surface area (Å²) in [7, 11) is -4.46. The van der Waals surface area contributed by atoms with Gasteiger partial charge in [0.05, 0.1) is 10.5 Å². The molecule has 8 nitrogen and oxygen atoms in total. The van der Waals surface area contributed by atoms with Crippen LogP contribution in [0.2, 0.25) is 0 Å². The standard InChI is InChI=1S/C17H24F3N3O5S/c1-2-28-10-4-9-22-16(25)14(7-8-15(21)24)23-29(26,27)13-6-3-5-12(11-13)17(18,19)20/h3,5-6,11,14,23H,2,4,7-10H2,1H3,(H2,21,24)(H,22,25)/t14-/m1/s1. The Morgan fingerprint density at radius 1 is 1.28 bits per heavy atom. The highest BCUT2D eigenvalue weighted by Crippen LogP contribution is 2.30. The van der Waals surface area contributed by atoms with Gasteiger partial charge in [-0.3, -0.25) is 9.59 Å². The van der Waals surface area contributed by atoms with Crippen LogP contribution in [0.3, 0.4) is 0 Å². The summed E-state index contributed by atoms with van der Waals surface area (Å²) in [5.74, 6) is -1.48. The van der Waals surface area contributed by atoms with Gasteiger partial charge in [0.25, 0.3) is 0 Å². The van der Waals surface area contributed by atoms with Crippen molar-refractivity contribution in [1.29, 1.82) is 0 Å². The van der Waals surface area contributed by atoms with Crippen molar-refractivity contribution in [2.75, 3.05) is 19.8 Å². The van der Waals surface area contributed by atoms with E-state index < -0.39 is 44.5 Å². The number of ether oxygens (including phenoxy) is 1. The Balaban J connectivity index is 2.93. The van der Waals surface area contributed by atoms with Crippen LogP contribution in [0.15, 0.2) is 29.2 Å². The molecule has 0 radical (unpaired) electrons. The van der Waals surface area contributed by atoms with Gasteiger partial charge in [-0.25, -0.2) is 8.42 Å². The van der Waals surface area contributed by atoms with Crippen molar-refractivity contribution in [2.45, 2.75) is 43.3 Å². The van der Waals surface area contributed by atoms with Gasteiger partial charge >= 0.3 is 6.18 Å². The molecule has 1 aromatic rings. The summed E-state index contributed by atoms with van der Waals surface area (Å²) in [4.78, 5) is 22.7. The van der Waals surface area contributed by atoms with Crippen LogP contribution < -0.4 is 15.8 Å². The smallest absolute Gasteiger partial charge is 0.382 e. The molecule has 1 rings (SSSR count). The molecule has 0 unspecified atom stereocenters. The molecular formula is C17H24F3N3O5S. The minimum absolute atomic E-state index is 0.192. The highest BCUT2D eigenvalue weighted by Gasteiger charge is 2.32. The third-order valence-corrected chi connectivity index (χ3v) is 5.20. The molecule has 0 aliphatic heterocycles. The number of nitrogens with one attached hydrogen (secondary N) is 2. The Kier molecular flexibility index (Phi) is 9.53. The van der Waals surface area contributed by atoms with E-state index in [0.29, 0.717) is 25.7 Å². The lowest BCUT2D eigenvalue weighted by molar-refractivity contribution is -0.137. The number of carbonyl (C=O) groups is 2. The third kappa shape index (κ3) is 8.79. The number of hydrogen-bond acceptors (Lipinski definition) is 5. The fraction of sp³-hybridized carbons (Fsp3) is 0.529. The van der Waals surface area contributed by atoms with Gasteiger partial charge in [0, 0.05) is 26.2 Å². The maximum Gasteiger partial charge on any atom is 0.416 e. The first-order valence-electron chi connectivity index (χ1n) is 8.80. The van der Waals surface area contributed by atoms with E-state index in [2.05, 4.69) is 5.32 Å². The molecule has 0 spiro atoms. The van der Waals surface area contributed by atoms with Crippen LogP contribution in [-0.4, -0.2) is 46.0 Å². The average Bonchev–Trinajstić information content (AvgIpc) is 2.64. The normalized spacial score (nSPS) is 13.1. The number of amides is 2. The van der Waals surface area contributed by atoms with Crippen LogP contribution in [0.5, 0.6) is 0 Å². The SMILES string of the molecule is CCOCCCNC(=O)[C@@H](CCC(N)=O)NS(=O)(=O)c1cccc(C(F)(F)F)c1. The van der Waals surface area contributed by atoms with Crippen LogP contribution in [0.4, 0.5) is 13.2 Å². The molecule has 1 atom stereocenters. The van der Waals surface area contributed by atoms with Crippen LogP contribution in [0.1, 0.15) is 31.7 Å². The number of sulfonamides is 1. The van der Waals surface area contributed by atoms with Gasteiger partial charge < -0.3 is 15.8 Å². The molecule has 29 heavy (non-hydrogen) atoms. The Hall–Kier alpha value is -2.18. The van der Waals surface area contributed by atoms with Crippen molar-refractivity contribution in [3.8, 4) is 0 Å². The first-order valence-corrected chi connectivity index (χ1v) is 10.3. The minimum Gasteiger partial charge on any atom is -0.382 e. The maximum atomic E-state index is 12.8. The third-order valence-electron chi connectivity index (χ3n) is 3.73. The predicted octanol–water partition coefficient (Wildman–Crippen LogP) is 1.16. The largest absolute Gasteiger partial charge is 0.416 e. The molecule has 0 saturated carbocycles. The number of hydrogen-bond donors (Lipinski definition) is 3. The van der Waals surface area contributed by atoms with Crippen LogP contribution >= 0.6 is 0 Å². The van der Waals surface area contributed by atoms with Crippen molar-refractivity contribution >= 4 is 21.8 Å². The predicted molar refractivity (Wildman–Crippen MR) is 98.1 cm³/mol. The summed E-state index contributed by atoms with van der Waals surface area (Å²) in [6, 6.07) is 1.74. The maximum absolute atomic E-state index is 12.8. The number of primary amides is 1. The van der Waals surface area contributed by atoms with E-state index in [9.17, 15) is 31.2 Å². The summed E-state index contributed by atoms with van der Waals surface area (Å²) in [6.07, 6.45) is -4.79. The molecule has 0 fully saturated rings. The fourth-order valence-corrected chi connectivity index (χ4v) is 3.55. The molecule has 0 aromatic heterocycles. The molecule has 0 saturated heterocycles. The van der Waals surface area contributed by atoms with E-state index in [4.69, 9.17) is 10.5 Å². The number of halogens is 3. The van der Waals surface area contributed by atoms with Crippen LogP contribution in [0, 0.1) is 0 Å². The highest BCUT2D eigenvalue weighted by molar-refractivity contribution is 7.89. The number of alkyl halides is 3. The summed E-state index contributed by atoms with van der Waals surface area (Å²) >= 11 is 0. The summed E-state index contributed by atoms with van der Waals surface area (Å²) < 4.78 is 70.7. The van der Waals surface area contributed by atoms with E-state index in [1.807, 2.05) is 4.72 Å². The van der Waals surface area contributed by atoms with Crippen molar-refractivity contribution in [1.82, 2.24) is 10.0 Å². The zero-order valence-corrected chi connectivity index (χ0v) is 16.6. The van der Waals surface area contributed by atoms with Crippen LogP contribution in [-0.2, 0) is 30.5 Å². The van der Waals surface area contributed by atoms with E-state index >= 15 is 0 Å². The molecule has 0 aliphatic carbocycles. The van der Waals surface area contributed by atoms with Gasteiger partial charge in [-0.15, -0.1) is 0 Å². The van der Waals surface area contributed by atoms with Gasteiger partial charge in [0.15, 0.2) is 0 Å². The number of nitrogens with two attached hydrogens (primary N) is 1. The molecule has 164 valence electrons. The molecule has 2 amide bonds. The van der Waals surface area contributed by atoms with Gasteiger partial charge in [-0.1, -0.05) is 6.07 Å². The lowest BCUT2D eigenvalue weighted by Crippen LogP contribution is -2.47. The Morgan fingerprint density at radius 2 is 1.97 bits per heavy atom. The second-order valence-corrected chi connectivity index (χ2v) is 7.76. The topological polar surface area (TPSA) is 128 Å². The van der Waals surface area contributed by atoms with Crippen molar-refractivity contribution in [2.24, 2.45) is 5.73 Å². The van der Waals surface area contributed by atoms with Gasteiger partial charge in [0.2, 0.25) is 21.8 Å². The molecular weight excluding hydrogens is 415 g/mol. The van der Waals surface area contributed by atoms with Crippen molar-refractivity contribution < 1.29 is 35.9 Å². The van der Waals surface area contributed by atoms with Crippen molar-refractivity contribution in [3.63, 3.8) is 0 Å². The monoisotopic (exact) mass is 439 g/mol. The zero-order chi connectivity index (χ0) is 22.1. The Labute approximate surface area is 167 Å². The zero-order valence-electron chi connectivity index (χ0n) is 15.8.